The second-order valence-electron chi connectivity index (χ2n) is 3.35. The SMILES string of the molecule is COc1cc(C(=O)NS(C)(=O)=O)ccc1[N+](=O)[O-]. The van der Waals surface area contributed by atoms with Gasteiger partial charge in [0.2, 0.25) is 10.0 Å². The average Bonchev–Trinajstić information content (AvgIpc) is 2.25. The second-order valence-corrected chi connectivity index (χ2v) is 5.10. The molecule has 1 N–H and O–H groups in total. The fourth-order valence-electron chi connectivity index (χ4n) is 1.20. The van der Waals surface area contributed by atoms with Gasteiger partial charge in [0.1, 0.15) is 0 Å². The molecule has 0 spiro atoms. The van der Waals surface area contributed by atoms with Gasteiger partial charge in [-0.2, -0.15) is 0 Å². The summed E-state index contributed by atoms with van der Waals surface area (Å²) in [6, 6.07) is 3.30. The van der Waals surface area contributed by atoms with E-state index >= 15 is 0 Å². The molecule has 18 heavy (non-hydrogen) atoms. The van der Waals surface area contributed by atoms with E-state index in [0.29, 0.717) is 0 Å². The van der Waals surface area contributed by atoms with Crippen molar-refractivity contribution >= 4 is 21.6 Å². The number of benzene rings is 1. The zero-order chi connectivity index (χ0) is 13.9. The number of nitro benzene ring substituents is 1. The topological polar surface area (TPSA) is 116 Å². The lowest BCUT2D eigenvalue weighted by Gasteiger charge is -2.05. The Balaban J connectivity index is 3.13. The number of hydrogen-bond donors (Lipinski definition) is 1. The summed E-state index contributed by atoms with van der Waals surface area (Å²) in [4.78, 5) is 21.4. The summed E-state index contributed by atoms with van der Waals surface area (Å²) in [7, 11) is -2.48. The zero-order valence-corrected chi connectivity index (χ0v) is 10.4. The van der Waals surface area contributed by atoms with Crippen molar-refractivity contribution in [2.45, 2.75) is 0 Å². The molecule has 0 bridgehead atoms. The predicted octanol–water partition coefficient (Wildman–Crippen LogP) is 0.293. The number of nitrogens with zero attached hydrogens (tertiary/aromatic N) is 1. The molecule has 0 radical (unpaired) electrons. The van der Waals surface area contributed by atoms with Crippen LogP contribution < -0.4 is 9.46 Å². The normalized spacial score (nSPS) is 10.8. The van der Waals surface area contributed by atoms with Gasteiger partial charge in [0, 0.05) is 17.7 Å². The van der Waals surface area contributed by atoms with Crippen LogP contribution in [0.5, 0.6) is 5.75 Å². The van der Waals surface area contributed by atoms with E-state index in [1.165, 1.54) is 7.11 Å². The first-order valence-electron chi connectivity index (χ1n) is 4.59. The fourth-order valence-corrected chi connectivity index (χ4v) is 1.65. The molecule has 0 atom stereocenters. The molecule has 0 saturated carbocycles. The molecule has 0 saturated heterocycles. The Morgan fingerprint density at radius 2 is 2.06 bits per heavy atom. The molecule has 1 aromatic carbocycles. The van der Waals surface area contributed by atoms with Crippen LogP contribution in [-0.2, 0) is 10.0 Å². The Bertz CT molecular complexity index is 595. The van der Waals surface area contributed by atoms with Gasteiger partial charge in [-0.3, -0.25) is 14.9 Å². The van der Waals surface area contributed by atoms with E-state index in [1.807, 2.05) is 0 Å². The molecule has 1 amide bonds. The standard InChI is InChI=1S/C9H10N2O6S/c1-17-8-5-6(3-4-7(8)11(13)14)9(12)10-18(2,15)16/h3-5H,1-2H3,(H,10,12). The van der Waals surface area contributed by atoms with E-state index < -0.39 is 20.9 Å². The largest absolute Gasteiger partial charge is 0.490 e. The van der Waals surface area contributed by atoms with E-state index in [1.54, 1.807) is 4.72 Å². The molecule has 0 unspecified atom stereocenters. The van der Waals surface area contributed by atoms with Crippen molar-refractivity contribution in [3.63, 3.8) is 0 Å². The van der Waals surface area contributed by atoms with E-state index in [2.05, 4.69) is 0 Å². The van der Waals surface area contributed by atoms with E-state index in [0.717, 1.165) is 24.5 Å². The first-order chi connectivity index (χ1) is 8.24. The predicted molar refractivity (Wildman–Crippen MR) is 62.0 cm³/mol. The van der Waals surface area contributed by atoms with Gasteiger partial charge >= 0.3 is 5.69 Å². The minimum Gasteiger partial charge on any atom is -0.490 e. The quantitative estimate of drug-likeness (QED) is 0.623. The number of ether oxygens (including phenoxy) is 1. The Hall–Kier alpha value is -2.16. The lowest BCUT2D eigenvalue weighted by atomic mass is 10.2. The molecule has 0 aliphatic rings. The number of carbonyl (C=O) groups is 1. The van der Waals surface area contributed by atoms with Crippen molar-refractivity contribution < 1.29 is 22.9 Å². The third kappa shape index (κ3) is 3.42. The van der Waals surface area contributed by atoms with Crippen LogP contribution in [0.3, 0.4) is 0 Å². The fraction of sp³-hybridized carbons (Fsp3) is 0.222. The summed E-state index contributed by atoms with van der Waals surface area (Å²) in [5.41, 5.74) is -0.365. The summed E-state index contributed by atoms with van der Waals surface area (Å²) in [6.07, 6.45) is 0.827. The van der Waals surface area contributed by atoms with Gasteiger partial charge in [-0.05, 0) is 6.07 Å². The number of carbonyl (C=O) groups excluding carboxylic acids is 1. The molecule has 0 aliphatic carbocycles. The van der Waals surface area contributed by atoms with Crippen molar-refractivity contribution in [2.24, 2.45) is 0 Å². The van der Waals surface area contributed by atoms with Gasteiger partial charge in [-0.1, -0.05) is 0 Å². The van der Waals surface area contributed by atoms with Gasteiger partial charge in [0.15, 0.2) is 5.75 Å². The molecule has 0 fully saturated rings. The Morgan fingerprint density at radius 1 is 1.44 bits per heavy atom. The maximum atomic E-state index is 11.5. The molecule has 0 aliphatic heterocycles. The third-order valence-corrected chi connectivity index (χ3v) is 2.47. The van der Waals surface area contributed by atoms with Crippen molar-refractivity contribution in [3.8, 4) is 5.75 Å². The van der Waals surface area contributed by atoms with E-state index in [4.69, 9.17) is 4.74 Å². The third-order valence-electron chi connectivity index (χ3n) is 1.92. The summed E-state index contributed by atoms with van der Waals surface area (Å²) in [6.45, 7) is 0. The molecular formula is C9H10N2O6S. The van der Waals surface area contributed by atoms with Crippen LogP contribution in [0.4, 0.5) is 5.69 Å². The van der Waals surface area contributed by atoms with Gasteiger partial charge in [-0.15, -0.1) is 0 Å². The highest BCUT2D eigenvalue weighted by Gasteiger charge is 2.18. The van der Waals surface area contributed by atoms with Crippen LogP contribution in [0.1, 0.15) is 10.4 Å². The molecule has 1 aromatic rings. The number of rotatable bonds is 4. The van der Waals surface area contributed by atoms with Gasteiger partial charge in [0.25, 0.3) is 5.91 Å². The summed E-state index contributed by atoms with van der Waals surface area (Å²) < 4.78 is 28.2. The molecule has 8 nitrogen and oxygen atoms in total. The summed E-state index contributed by atoms with van der Waals surface area (Å²) in [5, 5.41) is 10.6. The molecular weight excluding hydrogens is 264 g/mol. The first kappa shape index (κ1) is 13.9. The smallest absolute Gasteiger partial charge is 0.310 e. The molecule has 98 valence electrons. The number of nitrogens with one attached hydrogen (secondary N) is 1. The first-order valence-corrected chi connectivity index (χ1v) is 6.48. The lowest BCUT2D eigenvalue weighted by Crippen LogP contribution is -2.29. The highest BCUT2D eigenvalue weighted by atomic mass is 32.2. The van der Waals surface area contributed by atoms with Crippen molar-refractivity contribution in [1.29, 1.82) is 0 Å². The number of nitro groups is 1. The highest BCUT2D eigenvalue weighted by molar-refractivity contribution is 7.89. The van der Waals surface area contributed by atoms with Crippen LogP contribution in [0, 0.1) is 10.1 Å². The Kier molecular flexibility index (Phi) is 3.86. The van der Waals surface area contributed by atoms with E-state index in [9.17, 15) is 23.3 Å². The average molecular weight is 274 g/mol. The van der Waals surface area contributed by atoms with Crippen molar-refractivity contribution in [3.05, 3.63) is 33.9 Å². The Labute approximate surface area is 103 Å². The van der Waals surface area contributed by atoms with Crippen LogP contribution in [0.25, 0.3) is 0 Å². The van der Waals surface area contributed by atoms with Crippen LogP contribution >= 0.6 is 0 Å². The van der Waals surface area contributed by atoms with Crippen molar-refractivity contribution in [2.75, 3.05) is 13.4 Å². The maximum absolute atomic E-state index is 11.5. The lowest BCUT2D eigenvalue weighted by molar-refractivity contribution is -0.385. The van der Waals surface area contributed by atoms with Crippen LogP contribution in [-0.4, -0.2) is 32.6 Å². The monoisotopic (exact) mass is 274 g/mol. The van der Waals surface area contributed by atoms with Gasteiger partial charge < -0.3 is 4.74 Å². The molecule has 0 heterocycles. The van der Waals surface area contributed by atoms with Crippen LogP contribution in [0.15, 0.2) is 18.2 Å². The Morgan fingerprint density at radius 3 is 2.50 bits per heavy atom. The molecule has 1 rings (SSSR count). The maximum Gasteiger partial charge on any atom is 0.310 e. The van der Waals surface area contributed by atoms with Crippen molar-refractivity contribution in [1.82, 2.24) is 4.72 Å². The van der Waals surface area contributed by atoms with E-state index in [-0.39, 0.29) is 17.0 Å². The minimum atomic E-state index is -3.69. The number of amides is 1. The highest BCUT2D eigenvalue weighted by Crippen LogP contribution is 2.27. The molecule has 0 aromatic heterocycles. The van der Waals surface area contributed by atoms with Gasteiger partial charge in [0.05, 0.1) is 18.3 Å². The summed E-state index contributed by atoms with van der Waals surface area (Å²) >= 11 is 0. The number of methoxy groups -OCH3 is 1. The number of hydrogen-bond acceptors (Lipinski definition) is 6. The van der Waals surface area contributed by atoms with Crippen LogP contribution in [0.2, 0.25) is 0 Å². The molecule has 9 heteroatoms. The minimum absolute atomic E-state index is 0.0529. The number of sulfonamides is 1. The second kappa shape index (κ2) is 5.00. The summed E-state index contributed by atoms with van der Waals surface area (Å²) in [5.74, 6) is -1.01. The van der Waals surface area contributed by atoms with Gasteiger partial charge in [-0.25, -0.2) is 13.1 Å². The zero-order valence-electron chi connectivity index (χ0n) is 9.54.